The van der Waals surface area contributed by atoms with Crippen molar-refractivity contribution in [3.8, 4) is 5.75 Å². The molecule has 0 spiro atoms. The highest BCUT2D eigenvalue weighted by atomic mass is 16.5. The summed E-state index contributed by atoms with van der Waals surface area (Å²) in [5.41, 5.74) is 1.39. The molecule has 1 N–H and O–H groups in total. The van der Waals surface area contributed by atoms with Crippen molar-refractivity contribution in [3.63, 3.8) is 0 Å². The van der Waals surface area contributed by atoms with Crippen molar-refractivity contribution in [2.45, 2.75) is 6.92 Å². The number of carbonyl (C=O) groups excluding carboxylic acids is 2. The predicted octanol–water partition coefficient (Wildman–Crippen LogP) is 1.59. The molecule has 1 amide bonds. The van der Waals surface area contributed by atoms with Crippen LogP contribution in [-0.2, 0) is 14.3 Å². The fourth-order valence-corrected chi connectivity index (χ4v) is 1.56. The van der Waals surface area contributed by atoms with Gasteiger partial charge in [-0.15, -0.1) is 0 Å². The van der Waals surface area contributed by atoms with Crippen LogP contribution in [0.5, 0.6) is 5.75 Å². The van der Waals surface area contributed by atoms with Gasteiger partial charge in [-0.05, 0) is 30.7 Å². The molecule has 1 heterocycles. The number of ether oxygens (including phenoxy) is 2. The standard InChI is InChI=1S/C13H13NO4/c1-2-17-13(16)6-4-9-3-5-11-10(7-9)14-12(15)8-18-11/h3-7H,2,8H2,1H3,(H,14,15). The lowest BCUT2D eigenvalue weighted by Crippen LogP contribution is -2.25. The summed E-state index contributed by atoms with van der Waals surface area (Å²) in [5, 5.41) is 2.70. The first-order valence-corrected chi connectivity index (χ1v) is 5.60. The first kappa shape index (κ1) is 12.2. The molecule has 1 aliphatic rings. The van der Waals surface area contributed by atoms with Crippen molar-refractivity contribution in [2.24, 2.45) is 0 Å². The predicted molar refractivity (Wildman–Crippen MR) is 66.2 cm³/mol. The maximum Gasteiger partial charge on any atom is 0.330 e. The molecule has 0 saturated heterocycles. The molecule has 2 rings (SSSR count). The van der Waals surface area contributed by atoms with Crippen LogP contribution in [0.2, 0.25) is 0 Å². The normalized spacial score (nSPS) is 13.7. The highest BCUT2D eigenvalue weighted by molar-refractivity contribution is 5.96. The van der Waals surface area contributed by atoms with E-state index in [1.54, 1.807) is 31.2 Å². The van der Waals surface area contributed by atoms with Gasteiger partial charge in [-0.25, -0.2) is 4.79 Å². The minimum absolute atomic E-state index is 0.0327. The van der Waals surface area contributed by atoms with E-state index < -0.39 is 5.97 Å². The van der Waals surface area contributed by atoms with E-state index in [9.17, 15) is 9.59 Å². The maximum absolute atomic E-state index is 11.2. The minimum Gasteiger partial charge on any atom is -0.482 e. The number of hydrogen-bond donors (Lipinski definition) is 1. The van der Waals surface area contributed by atoms with Crippen LogP contribution in [0.3, 0.4) is 0 Å². The summed E-state index contributed by atoms with van der Waals surface area (Å²) in [7, 11) is 0. The average molecular weight is 247 g/mol. The first-order valence-electron chi connectivity index (χ1n) is 5.60. The summed E-state index contributed by atoms with van der Waals surface area (Å²) in [4.78, 5) is 22.3. The SMILES string of the molecule is CCOC(=O)C=Cc1ccc2c(c1)NC(=O)CO2. The molecule has 0 saturated carbocycles. The van der Waals surface area contributed by atoms with Crippen molar-refractivity contribution < 1.29 is 19.1 Å². The van der Waals surface area contributed by atoms with Gasteiger partial charge in [0, 0.05) is 6.08 Å². The highest BCUT2D eigenvalue weighted by Crippen LogP contribution is 2.28. The third kappa shape index (κ3) is 2.88. The molecule has 5 heteroatoms. The van der Waals surface area contributed by atoms with E-state index in [0.29, 0.717) is 18.0 Å². The number of rotatable bonds is 3. The van der Waals surface area contributed by atoms with Crippen molar-refractivity contribution in [1.29, 1.82) is 0 Å². The van der Waals surface area contributed by atoms with Gasteiger partial charge in [0.25, 0.3) is 5.91 Å². The van der Waals surface area contributed by atoms with E-state index in [0.717, 1.165) is 5.56 Å². The van der Waals surface area contributed by atoms with Crippen molar-refractivity contribution in [2.75, 3.05) is 18.5 Å². The summed E-state index contributed by atoms with van der Waals surface area (Å²) < 4.78 is 10.0. The zero-order chi connectivity index (χ0) is 13.0. The number of carbonyl (C=O) groups is 2. The quantitative estimate of drug-likeness (QED) is 0.650. The van der Waals surface area contributed by atoms with Crippen LogP contribution in [0.25, 0.3) is 6.08 Å². The smallest absolute Gasteiger partial charge is 0.330 e. The molecular formula is C13H13NO4. The molecule has 18 heavy (non-hydrogen) atoms. The van der Waals surface area contributed by atoms with Gasteiger partial charge in [0.05, 0.1) is 12.3 Å². The van der Waals surface area contributed by atoms with Gasteiger partial charge in [-0.1, -0.05) is 6.07 Å². The molecule has 0 atom stereocenters. The molecule has 0 radical (unpaired) electrons. The topological polar surface area (TPSA) is 64.6 Å². The minimum atomic E-state index is -0.393. The van der Waals surface area contributed by atoms with Crippen molar-refractivity contribution >= 4 is 23.6 Å². The second-order valence-corrected chi connectivity index (χ2v) is 3.68. The Morgan fingerprint density at radius 2 is 2.39 bits per heavy atom. The Morgan fingerprint density at radius 3 is 3.17 bits per heavy atom. The summed E-state index contributed by atoms with van der Waals surface area (Å²) in [6, 6.07) is 5.29. The lowest BCUT2D eigenvalue weighted by Gasteiger charge is -2.17. The van der Waals surface area contributed by atoms with Gasteiger partial charge >= 0.3 is 5.97 Å². The van der Waals surface area contributed by atoms with E-state index in [2.05, 4.69) is 5.32 Å². The molecule has 94 valence electrons. The van der Waals surface area contributed by atoms with E-state index in [-0.39, 0.29) is 12.5 Å². The number of esters is 1. The Labute approximate surface area is 104 Å². The molecular weight excluding hydrogens is 234 g/mol. The summed E-state index contributed by atoms with van der Waals surface area (Å²) in [6.45, 7) is 2.12. The van der Waals surface area contributed by atoms with Crippen LogP contribution in [0, 0.1) is 0 Å². The lowest BCUT2D eigenvalue weighted by atomic mass is 10.1. The second kappa shape index (κ2) is 5.35. The third-order valence-corrected chi connectivity index (χ3v) is 2.33. The largest absolute Gasteiger partial charge is 0.482 e. The fourth-order valence-electron chi connectivity index (χ4n) is 1.56. The van der Waals surface area contributed by atoms with Crippen LogP contribution < -0.4 is 10.1 Å². The lowest BCUT2D eigenvalue weighted by molar-refractivity contribution is -0.137. The van der Waals surface area contributed by atoms with Crippen molar-refractivity contribution in [3.05, 3.63) is 29.8 Å². The maximum atomic E-state index is 11.2. The summed E-state index contributed by atoms with van der Waals surface area (Å²) >= 11 is 0. The average Bonchev–Trinajstić information content (AvgIpc) is 2.36. The Balaban J connectivity index is 2.13. The first-order chi connectivity index (χ1) is 8.69. The van der Waals surface area contributed by atoms with Crippen LogP contribution >= 0.6 is 0 Å². The number of amides is 1. The van der Waals surface area contributed by atoms with Gasteiger partial charge in [0.1, 0.15) is 5.75 Å². The van der Waals surface area contributed by atoms with Crippen LogP contribution in [0.15, 0.2) is 24.3 Å². The molecule has 1 aliphatic heterocycles. The zero-order valence-corrected chi connectivity index (χ0v) is 9.93. The van der Waals surface area contributed by atoms with Crippen LogP contribution in [0.1, 0.15) is 12.5 Å². The van der Waals surface area contributed by atoms with Gasteiger partial charge < -0.3 is 14.8 Å². The molecule has 0 bridgehead atoms. The monoisotopic (exact) mass is 247 g/mol. The fraction of sp³-hybridized carbons (Fsp3) is 0.231. The van der Waals surface area contributed by atoms with Gasteiger partial charge in [-0.3, -0.25) is 4.79 Å². The van der Waals surface area contributed by atoms with E-state index in [4.69, 9.17) is 9.47 Å². The van der Waals surface area contributed by atoms with Gasteiger partial charge in [0.15, 0.2) is 6.61 Å². The molecule has 1 aromatic carbocycles. The van der Waals surface area contributed by atoms with Crippen LogP contribution in [0.4, 0.5) is 5.69 Å². The highest BCUT2D eigenvalue weighted by Gasteiger charge is 2.15. The van der Waals surface area contributed by atoms with E-state index in [1.807, 2.05) is 0 Å². The Kier molecular flexibility index (Phi) is 3.62. The summed E-state index contributed by atoms with van der Waals surface area (Å²) in [5.74, 6) is 0.0485. The third-order valence-electron chi connectivity index (χ3n) is 2.33. The Morgan fingerprint density at radius 1 is 1.56 bits per heavy atom. The molecule has 0 aliphatic carbocycles. The van der Waals surface area contributed by atoms with E-state index >= 15 is 0 Å². The molecule has 0 aromatic heterocycles. The molecule has 1 aromatic rings. The van der Waals surface area contributed by atoms with E-state index in [1.165, 1.54) is 6.08 Å². The number of fused-ring (bicyclic) bond motifs is 1. The zero-order valence-electron chi connectivity index (χ0n) is 9.93. The second-order valence-electron chi connectivity index (χ2n) is 3.68. The van der Waals surface area contributed by atoms with Gasteiger partial charge in [-0.2, -0.15) is 0 Å². The number of hydrogen-bond acceptors (Lipinski definition) is 4. The Hall–Kier alpha value is -2.30. The number of nitrogens with one attached hydrogen (secondary N) is 1. The van der Waals surface area contributed by atoms with Gasteiger partial charge in [0.2, 0.25) is 0 Å². The van der Waals surface area contributed by atoms with Crippen LogP contribution in [-0.4, -0.2) is 25.1 Å². The number of benzene rings is 1. The Bertz CT molecular complexity index is 508. The molecule has 0 unspecified atom stereocenters. The number of anilines is 1. The molecule has 5 nitrogen and oxygen atoms in total. The van der Waals surface area contributed by atoms with Crippen molar-refractivity contribution in [1.82, 2.24) is 0 Å². The summed E-state index contributed by atoms with van der Waals surface area (Å²) in [6.07, 6.45) is 2.97. The molecule has 0 fully saturated rings.